The summed E-state index contributed by atoms with van der Waals surface area (Å²) in [5, 5.41) is 8.53. The van der Waals surface area contributed by atoms with Gasteiger partial charge in [0, 0.05) is 30.9 Å². The van der Waals surface area contributed by atoms with Gasteiger partial charge in [0.2, 0.25) is 5.91 Å². The molecule has 3 N–H and O–H groups in total. The molecule has 0 aliphatic carbocycles. The topological polar surface area (TPSA) is 99.5 Å². The molecular formula is C14H22N4O4. The molecule has 0 radical (unpaired) electrons. The maximum Gasteiger partial charge on any atom is 0.267 e. The summed E-state index contributed by atoms with van der Waals surface area (Å²) in [6, 6.07) is 0. The third kappa shape index (κ3) is 3.08. The Balaban J connectivity index is 1.69. The number of H-pyrrole nitrogens is 2. The minimum atomic E-state index is -0.482. The molecule has 2 aliphatic heterocycles. The van der Waals surface area contributed by atoms with E-state index in [4.69, 9.17) is 9.47 Å². The fourth-order valence-corrected chi connectivity index (χ4v) is 2.97. The van der Waals surface area contributed by atoms with Gasteiger partial charge in [-0.3, -0.25) is 14.7 Å². The van der Waals surface area contributed by atoms with Gasteiger partial charge in [0.25, 0.3) is 5.56 Å². The number of morpholine rings is 1. The molecule has 22 heavy (non-hydrogen) atoms. The van der Waals surface area contributed by atoms with Crippen LogP contribution in [-0.2, 0) is 20.7 Å². The van der Waals surface area contributed by atoms with Gasteiger partial charge < -0.3 is 24.8 Å². The van der Waals surface area contributed by atoms with Crippen LogP contribution in [0.4, 0.5) is 0 Å². The van der Waals surface area contributed by atoms with E-state index in [2.05, 4.69) is 15.5 Å². The number of ether oxygens (including phenoxy) is 2. The SMILES string of the molecule is Cc1[nH][nH]c(=O)c1CC(=O)N1CCOC2(CNCCOC2)C1. The predicted octanol–water partition coefficient (Wildman–Crippen LogP) is -1.23. The normalized spacial score (nSPS) is 26.1. The number of nitrogens with one attached hydrogen (secondary N) is 3. The van der Waals surface area contributed by atoms with Crippen molar-refractivity contribution in [2.24, 2.45) is 0 Å². The molecule has 122 valence electrons. The smallest absolute Gasteiger partial charge is 0.267 e. The molecule has 0 saturated carbocycles. The molecule has 2 aliphatic rings. The number of carbonyl (C=O) groups is 1. The van der Waals surface area contributed by atoms with Crippen molar-refractivity contribution in [2.75, 3.05) is 46.0 Å². The molecule has 8 heteroatoms. The summed E-state index contributed by atoms with van der Waals surface area (Å²) in [7, 11) is 0. The summed E-state index contributed by atoms with van der Waals surface area (Å²) < 4.78 is 11.5. The first-order valence-electron chi connectivity index (χ1n) is 7.56. The van der Waals surface area contributed by atoms with E-state index in [0.717, 1.165) is 6.54 Å². The lowest BCUT2D eigenvalue weighted by molar-refractivity contribution is -0.157. The van der Waals surface area contributed by atoms with E-state index in [1.54, 1.807) is 11.8 Å². The quantitative estimate of drug-likeness (QED) is 0.635. The monoisotopic (exact) mass is 310 g/mol. The highest BCUT2D eigenvalue weighted by Crippen LogP contribution is 2.20. The van der Waals surface area contributed by atoms with Gasteiger partial charge in [0.15, 0.2) is 0 Å². The Bertz CT molecular complexity index is 586. The molecule has 1 atom stereocenters. The number of amides is 1. The fraction of sp³-hybridized carbons (Fsp3) is 0.714. The highest BCUT2D eigenvalue weighted by atomic mass is 16.5. The highest BCUT2D eigenvalue weighted by Gasteiger charge is 2.39. The van der Waals surface area contributed by atoms with Crippen molar-refractivity contribution in [2.45, 2.75) is 18.9 Å². The lowest BCUT2D eigenvalue weighted by Crippen LogP contribution is -2.59. The molecule has 0 aromatic carbocycles. The van der Waals surface area contributed by atoms with Crippen molar-refractivity contribution < 1.29 is 14.3 Å². The van der Waals surface area contributed by atoms with Gasteiger partial charge >= 0.3 is 0 Å². The van der Waals surface area contributed by atoms with Crippen LogP contribution in [0, 0.1) is 6.92 Å². The van der Waals surface area contributed by atoms with E-state index in [9.17, 15) is 9.59 Å². The Labute approximate surface area is 128 Å². The number of rotatable bonds is 2. The summed E-state index contributed by atoms with van der Waals surface area (Å²) in [6.07, 6.45) is 0.106. The van der Waals surface area contributed by atoms with Crippen LogP contribution >= 0.6 is 0 Å². The predicted molar refractivity (Wildman–Crippen MR) is 78.8 cm³/mol. The van der Waals surface area contributed by atoms with Gasteiger partial charge in [-0.2, -0.15) is 0 Å². The molecule has 1 aromatic rings. The number of aromatic amines is 2. The molecule has 2 saturated heterocycles. The van der Waals surface area contributed by atoms with Crippen LogP contribution in [-0.4, -0.2) is 72.6 Å². The average Bonchev–Trinajstić information content (AvgIpc) is 2.71. The Kier molecular flexibility index (Phi) is 4.32. The molecule has 1 amide bonds. The third-order valence-electron chi connectivity index (χ3n) is 4.25. The van der Waals surface area contributed by atoms with Crippen LogP contribution in [0.2, 0.25) is 0 Å². The summed E-state index contributed by atoms with van der Waals surface area (Å²) in [4.78, 5) is 26.0. The number of hydrogen-bond acceptors (Lipinski definition) is 5. The summed E-state index contributed by atoms with van der Waals surface area (Å²) in [5.41, 5.74) is 0.499. The standard InChI is InChI=1S/C14H22N4O4/c1-10-11(13(20)17-16-10)6-12(19)18-3-5-22-14(8-18)7-15-2-4-21-9-14/h15H,2-9H2,1H3,(H2,16,17,20). The lowest BCUT2D eigenvalue weighted by atomic mass is 10.0. The van der Waals surface area contributed by atoms with Gasteiger partial charge in [-0.25, -0.2) is 0 Å². The van der Waals surface area contributed by atoms with Gasteiger partial charge in [-0.15, -0.1) is 0 Å². The van der Waals surface area contributed by atoms with Gasteiger partial charge in [-0.1, -0.05) is 0 Å². The first-order chi connectivity index (χ1) is 10.6. The number of carbonyl (C=O) groups excluding carboxylic acids is 1. The van der Waals surface area contributed by atoms with E-state index in [-0.39, 0.29) is 17.9 Å². The molecule has 0 bridgehead atoms. The second-order valence-corrected chi connectivity index (χ2v) is 5.94. The third-order valence-corrected chi connectivity index (χ3v) is 4.25. The number of hydrogen-bond donors (Lipinski definition) is 3. The first-order valence-corrected chi connectivity index (χ1v) is 7.56. The first kappa shape index (κ1) is 15.3. The number of aryl methyl sites for hydroxylation is 1. The Hall–Kier alpha value is -1.64. The fourth-order valence-electron chi connectivity index (χ4n) is 2.97. The van der Waals surface area contributed by atoms with E-state index in [1.165, 1.54) is 0 Å². The van der Waals surface area contributed by atoms with Crippen molar-refractivity contribution in [3.05, 3.63) is 21.6 Å². The maximum atomic E-state index is 12.5. The molecule has 2 fully saturated rings. The minimum absolute atomic E-state index is 0.0554. The zero-order valence-corrected chi connectivity index (χ0v) is 12.7. The van der Waals surface area contributed by atoms with Gasteiger partial charge in [0.1, 0.15) is 5.60 Å². The summed E-state index contributed by atoms with van der Waals surface area (Å²) in [5.74, 6) is -0.0554. The van der Waals surface area contributed by atoms with Crippen molar-refractivity contribution in [1.29, 1.82) is 0 Å². The van der Waals surface area contributed by atoms with Gasteiger partial charge in [0.05, 0.1) is 32.8 Å². The molecule has 1 spiro atoms. The Morgan fingerprint density at radius 3 is 3.00 bits per heavy atom. The zero-order chi connectivity index (χ0) is 15.6. The van der Waals surface area contributed by atoms with Crippen LogP contribution in [0.5, 0.6) is 0 Å². The maximum absolute atomic E-state index is 12.5. The second kappa shape index (κ2) is 6.23. The van der Waals surface area contributed by atoms with Crippen LogP contribution in [0.3, 0.4) is 0 Å². The van der Waals surface area contributed by atoms with E-state index in [0.29, 0.717) is 50.7 Å². The Morgan fingerprint density at radius 1 is 1.36 bits per heavy atom. The van der Waals surface area contributed by atoms with Crippen LogP contribution in [0.25, 0.3) is 0 Å². The average molecular weight is 310 g/mol. The van der Waals surface area contributed by atoms with Gasteiger partial charge in [-0.05, 0) is 6.92 Å². The minimum Gasteiger partial charge on any atom is -0.377 e. The second-order valence-electron chi connectivity index (χ2n) is 5.94. The molecule has 3 heterocycles. The van der Waals surface area contributed by atoms with E-state index < -0.39 is 5.60 Å². The highest BCUT2D eigenvalue weighted by molar-refractivity contribution is 5.79. The summed E-state index contributed by atoms with van der Waals surface area (Å²) in [6.45, 7) is 5.88. The van der Waals surface area contributed by atoms with Crippen LogP contribution in [0.1, 0.15) is 11.3 Å². The van der Waals surface area contributed by atoms with Crippen LogP contribution < -0.4 is 10.9 Å². The van der Waals surface area contributed by atoms with E-state index in [1.807, 2.05) is 0 Å². The van der Waals surface area contributed by atoms with Crippen molar-refractivity contribution >= 4 is 5.91 Å². The van der Waals surface area contributed by atoms with Crippen LogP contribution in [0.15, 0.2) is 4.79 Å². The Morgan fingerprint density at radius 2 is 2.23 bits per heavy atom. The molecule has 8 nitrogen and oxygen atoms in total. The van der Waals surface area contributed by atoms with Crippen molar-refractivity contribution in [1.82, 2.24) is 20.4 Å². The van der Waals surface area contributed by atoms with Crippen molar-refractivity contribution in [3.63, 3.8) is 0 Å². The number of aromatic nitrogens is 2. The largest absolute Gasteiger partial charge is 0.377 e. The molecular weight excluding hydrogens is 288 g/mol. The zero-order valence-electron chi connectivity index (χ0n) is 12.7. The van der Waals surface area contributed by atoms with E-state index >= 15 is 0 Å². The van der Waals surface area contributed by atoms with Crippen molar-refractivity contribution in [3.8, 4) is 0 Å². The molecule has 1 aromatic heterocycles. The number of nitrogens with zero attached hydrogens (tertiary/aromatic N) is 1. The molecule has 3 rings (SSSR count). The lowest BCUT2D eigenvalue weighted by Gasteiger charge is -2.41. The molecule has 1 unspecified atom stereocenters. The summed E-state index contributed by atoms with van der Waals surface area (Å²) >= 11 is 0.